The van der Waals surface area contributed by atoms with Gasteiger partial charge in [-0.2, -0.15) is 4.31 Å². The zero-order chi connectivity index (χ0) is 15.1. The highest BCUT2D eigenvalue weighted by atomic mass is 32.2. The van der Waals surface area contributed by atoms with Gasteiger partial charge in [-0.05, 0) is 42.5 Å². The van der Waals surface area contributed by atoms with E-state index in [1.807, 2.05) is 13.8 Å². The van der Waals surface area contributed by atoms with Crippen molar-refractivity contribution in [3.05, 3.63) is 29.6 Å². The predicted molar refractivity (Wildman–Crippen MR) is 76.3 cm³/mol. The van der Waals surface area contributed by atoms with Gasteiger partial charge in [0, 0.05) is 19.1 Å². The quantitative estimate of drug-likeness (QED) is 0.907. The smallest absolute Gasteiger partial charge is 0.243 e. The van der Waals surface area contributed by atoms with E-state index in [1.165, 1.54) is 16.4 Å². The van der Waals surface area contributed by atoms with Crippen molar-refractivity contribution in [3.63, 3.8) is 0 Å². The van der Waals surface area contributed by atoms with E-state index in [-0.39, 0.29) is 16.4 Å². The molecule has 0 bridgehead atoms. The van der Waals surface area contributed by atoms with Gasteiger partial charge in [0.25, 0.3) is 0 Å². The number of nitrogens with zero attached hydrogens (tertiary/aromatic N) is 1. The van der Waals surface area contributed by atoms with Crippen LogP contribution in [0.25, 0.3) is 0 Å². The number of benzene rings is 1. The van der Waals surface area contributed by atoms with Crippen LogP contribution in [0.2, 0.25) is 0 Å². The molecule has 1 atom stereocenters. The summed E-state index contributed by atoms with van der Waals surface area (Å²) in [5.74, 6) is -0.531. The fourth-order valence-corrected chi connectivity index (χ4v) is 4.27. The molecule has 2 rings (SSSR count). The summed E-state index contributed by atoms with van der Waals surface area (Å²) in [5.41, 5.74) is 6.33. The van der Waals surface area contributed by atoms with Gasteiger partial charge in [-0.1, -0.05) is 13.8 Å². The molecule has 0 aromatic heterocycles. The van der Waals surface area contributed by atoms with Crippen molar-refractivity contribution in [1.29, 1.82) is 0 Å². The second-order valence-corrected chi connectivity index (χ2v) is 8.12. The van der Waals surface area contributed by atoms with Gasteiger partial charge in [0.05, 0.1) is 4.90 Å². The average Bonchev–Trinajstić information content (AvgIpc) is 2.31. The summed E-state index contributed by atoms with van der Waals surface area (Å²) >= 11 is 0. The Bertz CT molecular complexity index is 593. The normalized spacial score (nSPS) is 23.8. The summed E-state index contributed by atoms with van der Waals surface area (Å²) in [4.78, 5) is 0.0151. The minimum atomic E-state index is -3.66. The molecule has 1 aliphatic heterocycles. The first-order chi connectivity index (χ1) is 9.13. The molecule has 1 heterocycles. The second kappa shape index (κ2) is 5.09. The number of piperidine rings is 1. The highest BCUT2D eigenvalue weighted by Crippen LogP contribution is 2.31. The van der Waals surface area contributed by atoms with Crippen molar-refractivity contribution in [2.45, 2.75) is 38.1 Å². The van der Waals surface area contributed by atoms with Crippen molar-refractivity contribution < 1.29 is 12.8 Å². The lowest BCUT2D eigenvalue weighted by Crippen LogP contribution is -2.53. The molecule has 1 aliphatic rings. The number of hydrogen-bond donors (Lipinski definition) is 1. The molecule has 0 aliphatic carbocycles. The number of nitrogens with two attached hydrogens (primary N) is 1. The zero-order valence-corrected chi connectivity index (χ0v) is 12.9. The van der Waals surface area contributed by atoms with Crippen LogP contribution in [0.3, 0.4) is 0 Å². The number of aryl methyl sites for hydroxylation is 1. The highest BCUT2D eigenvalue weighted by molar-refractivity contribution is 7.89. The third-order valence-electron chi connectivity index (χ3n) is 3.93. The van der Waals surface area contributed by atoms with Crippen LogP contribution in [-0.2, 0) is 10.0 Å². The van der Waals surface area contributed by atoms with Gasteiger partial charge in [-0.25, -0.2) is 12.8 Å². The van der Waals surface area contributed by atoms with Crippen LogP contribution >= 0.6 is 0 Å². The number of hydrogen-bond acceptors (Lipinski definition) is 3. The van der Waals surface area contributed by atoms with Crippen LogP contribution < -0.4 is 5.73 Å². The van der Waals surface area contributed by atoms with Crippen molar-refractivity contribution in [2.75, 3.05) is 13.1 Å². The molecule has 112 valence electrons. The molecule has 4 nitrogen and oxygen atoms in total. The molecule has 1 fully saturated rings. The first kappa shape index (κ1) is 15.4. The van der Waals surface area contributed by atoms with E-state index in [4.69, 9.17) is 5.73 Å². The van der Waals surface area contributed by atoms with Gasteiger partial charge in [0.1, 0.15) is 5.82 Å². The Morgan fingerprint density at radius 1 is 1.35 bits per heavy atom. The van der Waals surface area contributed by atoms with Crippen molar-refractivity contribution in [2.24, 2.45) is 11.1 Å². The highest BCUT2D eigenvalue weighted by Gasteiger charge is 2.38. The van der Waals surface area contributed by atoms with E-state index in [9.17, 15) is 12.8 Å². The Morgan fingerprint density at radius 3 is 2.55 bits per heavy atom. The Morgan fingerprint density at radius 2 is 2.00 bits per heavy atom. The van der Waals surface area contributed by atoms with E-state index in [0.717, 1.165) is 6.07 Å². The SMILES string of the molecule is Cc1cc(F)cc(S(=O)(=O)N2CCC(N)C(C)(C)C2)c1. The maximum atomic E-state index is 13.4. The fourth-order valence-electron chi connectivity index (χ4n) is 2.53. The van der Waals surface area contributed by atoms with Crippen LogP contribution in [-0.4, -0.2) is 31.9 Å². The summed E-state index contributed by atoms with van der Waals surface area (Å²) < 4.78 is 40.1. The minimum Gasteiger partial charge on any atom is -0.327 e. The van der Waals surface area contributed by atoms with E-state index >= 15 is 0 Å². The lowest BCUT2D eigenvalue weighted by molar-refractivity contribution is 0.155. The lowest BCUT2D eigenvalue weighted by Gasteiger charge is -2.41. The molecule has 0 amide bonds. The van der Waals surface area contributed by atoms with Crippen molar-refractivity contribution in [3.8, 4) is 0 Å². The lowest BCUT2D eigenvalue weighted by atomic mass is 9.81. The van der Waals surface area contributed by atoms with Crippen LogP contribution in [0.15, 0.2) is 23.1 Å². The van der Waals surface area contributed by atoms with E-state index in [1.54, 1.807) is 6.92 Å². The average molecular weight is 300 g/mol. The third kappa shape index (κ3) is 2.87. The summed E-state index contributed by atoms with van der Waals surface area (Å²) in [6.45, 7) is 6.32. The number of halogens is 1. The topological polar surface area (TPSA) is 63.4 Å². The van der Waals surface area contributed by atoms with Gasteiger partial charge in [-0.15, -0.1) is 0 Å². The molecule has 2 N–H and O–H groups in total. The Kier molecular flexibility index (Phi) is 3.92. The molecule has 1 aromatic carbocycles. The molecule has 0 radical (unpaired) electrons. The maximum absolute atomic E-state index is 13.4. The molecule has 0 spiro atoms. The van der Waals surface area contributed by atoms with Gasteiger partial charge in [0.2, 0.25) is 10.0 Å². The minimum absolute atomic E-state index is 0.0151. The molecule has 6 heteroatoms. The van der Waals surface area contributed by atoms with Crippen molar-refractivity contribution in [1.82, 2.24) is 4.31 Å². The van der Waals surface area contributed by atoms with E-state index < -0.39 is 15.8 Å². The fraction of sp³-hybridized carbons (Fsp3) is 0.571. The predicted octanol–water partition coefficient (Wildman–Crippen LogP) is 1.88. The van der Waals surface area contributed by atoms with Crippen LogP contribution in [0, 0.1) is 18.2 Å². The van der Waals surface area contributed by atoms with Crippen LogP contribution in [0.1, 0.15) is 25.8 Å². The molecule has 20 heavy (non-hydrogen) atoms. The third-order valence-corrected chi connectivity index (χ3v) is 5.75. The molecule has 1 saturated heterocycles. The van der Waals surface area contributed by atoms with Crippen LogP contribution in [0.5, 0.6) is 0 Å². The zero-order valence-electron chi connectivity index (χ0n) is 12.1. The summed E-state index contributed by atoms with van der Waals surface area (Å²) in [5, 5.41) is 0. The van der Waals surface area contributed by atoms with Crippen molar-refractivity contribution >= 4 is 10.0 Å². The summed E-state index contributed by atoms with van der Waals surface area (Å²) in [6, 6.07) is 3.86. The van der Waals surface area contributed by atoms with Crippen LogP contribution in [0.4, 0.5) is 4.39 Å². The molecule has 1 unspecified atom stereocenters. The Balaban J connectivity index is 2.36. The molecule has 0 saturated carbocycles. The molecular formula is C14H21FN2O2S. The first-order valence-corrected chi connectivity index (χ1v) is 8.10. The van der Waals surface area contributed by atoms with E-state index in [0.29, 0.717) is 25.1 Å². The standard InChI is InChI=1S/C14H21FN2O2S/c1-10-6-11(15)8-12(7-10)20(18,19)17-5-4-13(16)14(2,3)9-17/h6-8,13H,4-5,9,16H2,1-3H3. The summed E-state index contributed by atoms with van der Waals surface area (Å²) in [7, 11) is -3.66. The first-order valence-electron chi connectivity index (χ1n) is 6.66. The molecule has 1 aromatic rings. The monoisotopic (exact) mass is 300 g/mol. The largest absolute Gasteiger partial charge is 0.327 e. The Labute approximate surface area is 119 Å². The number of rotatable bonds is 2. The number of sulfonamides is 1. The Hall–Kier alpha value is -0.980. The van der Waals surface area contributed by atoms with E-state index in [2.05, 4.69) is 0 Å². The maximum Gasteiger partial charge on any atom is 0.243 e. The summed E-state index contributed by atoms with van der Waals surface area (Å²) in [6.07, 6.45) is 0.612. The van der Waals surface area contributed by atoms with Gasteiger partial charge < -0.3 is 5.73 Å². The second-order valence-electron chi connectivity index (χ2n) is 6.19. The van der Waals surface area contributed by atoms with Gasteiger partial charge in [0.15, 0.2) is 0 Å². The van der Waals surface area contributed by atoms with Gasteiger partial charge in [-0.3, -0.25) is 0 Å². The molecular weight excluding hydrogens is 279 g/mol. The van der Waals surface area contributed by atoms with Gasteiger partial charge >= 0.3 is 0 Å².